The van der Waals surface area contributed by atoms with Crippen molar-refractivity contribution in [1.29, 1.82) is 0 Å². The van der Waals surface area contributed by atoms with Crippen molar-refractivity contribution >= 4 is 46.8 Å². The molecule has 0 radical (unpaired) electrons. The molecule has 3 aromatic rings. The molecule has 0 heterocycles. The minimum absolute atomic E-state index is 0.0998. The second-order valence-electron chi connectivity index (χ2n) is 9.35. The number of amides is 2. The van der Waals surface area contributed by atoms with Crippen LogP contribution in [0.15, 0.2) is 78.9 Å². The van der Waals surface area contributed by atoms with Crippen LogP contribution in [0.25, 0.3) is 0 Å². The van der Waals surface area contributed by atoms with E-state index in [4.69, 9.17) is 23.2 Å². The number of hydrogen-bond acceptors (Lipinski definition) is 3. The van der Waals surface area contributed by atoms with Crippen LogP contribution >= 0.6 is 35.0 Å². The molecule has 0 bridgehead atoms. The van der Waals surface area contributed by atoms with Gasteiger partial charge in [0.15, 0.2) is 0 Å². The highest BCUT2D eigenvalue weighted by molar-refractivity contribution is 7.98. The van der Waals surface area contributed by atoms with E-state index in [1.807, 2.05) is 62.4 Å². The molecule has 3 rings (SSSR count). The Bertz CT molecular complexity index is 1120. The van der Waals surface area contributed by atoms with Gasteiger partial charge >= 0.3 is 0 Å². The maximum absolute atomic E-state index is 13.7. The Morgan fingerprint density at radius 1 is 0.865 bits per heavy atom. The molecule has 0 spiro atoms. The molecule has 0 saturated heterocycles. The van der Waals surface area contributed by atoms with Gasteiger partial charge in [0.2, 0.25) is 11.8 Å². The van der Waals surface area contributed by atoms with Crippen LogP contribution in [0.2, 0.25) is 10.0 Å². The van der Waals surface area contributed by atoms with E-state index < -0.39 is 6.04 Å². The fourth-order valence-electron chi connectivity index (χ4n) is 3.90. The molecule has 0 fully saturated rings. The first kappa shape index (κ1) is 29.1. The number of thioether (sulfide) groups is 1. The van der Waals surface area contributed by atoms with E-state index in [1.54, 1.807) is 34.9 Å². The lowest BCUT2D eigenvalue weighted by molar-refractivity contribution is -0.141. The summed E-state index contributed by atoms with van der Waals surface area (Å²) in [6.45, 7) is 4.78. The fraction of sp³-hybridized carbons (Fsp3) is 0.333. The van der Waals surface area contributed by atoms with Crippen LogP contribution in [0.5, 0.6) is 0 Å². The molecular formula is C30H34Cl2N2O2S. The number of benzene rings is 3. The topological polar surface area (TPSA) is 49.4 Å². The minimum Gasteiger partial charge on any atom is -0.354 e. The third kappa shape index (κ3) is 9.41. The van der Waals surface area contributed by atoms with Gasteiger partial charge in [-0.05, 0) is 29.2 Å². The van der Waals surface area contributed by atoms with Gasteiger partial charge in [-0.2, -0.15) is 11.8 Å². The predicted molar refractivity (Wildman–Crippen MR) is 156 cm³/mol. The summed E-state index contributed by atoms with van der Waals surface area (Å²) in [6, 6.07) is 24.5. The zero-order chi connectivity index (χ0) is 26.6. The van der Waals surface area contributed by atoms with Gasteiger partial charge in [-0.1, -0.05) is 104 Å². The van der Waals surface area contributed by atoms with Crippen molar-refractivity contribution < 1.29 is 9.59 Å². The van der Waals surface area contributed by atoms with Crippen molar-refractivity contribution in [3.63, 3.8) is 0 Å². The van der Waals surface area contributed by atoms with Gasteiger partial charge in [0.05, 0.1) is 0 Å². The number of nitrogens with one attached hydrogen (secondary N) is 1. The summed E-state index contributed by atoms with van der Waals surface area (Å²) in [7, 11) is 0. The van der Waals surface area contributed by atoms with E-state index in [0.717, 1.165) is 11.3 Å². The number of carbonyl (C=O) groups excluding carboxylic acids is 2. The molecule has 1 N–H and O–H groups in total. The summed E-state index contributed by atoms with van der Waals surface area (Å²) >= 11 is 14.7. The second kappa shape index (κ2) is 15.1. The predicted octanol–water partition coefficient (Wildman–Crippen LogP) is 7.03. The smallest absolute Gasteiger partial charge is 0.243 e. The highest BCUT2D eigenvalue weighted by atomic mass is 35.5. The van der Waals surface area contributed by atoms with Gasteiger partial charge in [-0.25, -0.2) is 0 Å². The molecule has 196 valence electrons. The monoisotopic (exact) mass is 556 g/mol. The van der Waals surface area contributed by atoms with E-state index in [0.29, 0.717) is 40.7 Å². The van der Waals surface area contributed by atoms with Gasteiger partial charge in [0.25, 0.3) is 0 Å². The summed E-state index contributed by atoms with van der Waals surface area (Å²) in [5.41, 5.74) is 2.84. The molecule has 0 aliphatic heterocycles. The Balaban J connectivity index is 1.84. The van der Waals surface area contributed by atoms with E-state index in [1.165, 1.54) is 5.56 Å². The highest BCUT2D eigenvalue weighted by Gasteiger charge is 2.31. The van der Waals surface area contributed by atoms with Crippen molar-refractivity contribution in [2.24, 2.45) is 5.92 Å². The van der Waals surface area contributed by atoms with Gasteiger partial charge < -0.3 is 10.2 Å². The van der Waals surface area contributed by atoms with Crippen molar-refractivity contribution in [3.05, 3.63) is 106 Å². The molecule has 0 aromatic heterocycles. The molecule has 3 aromatic carbocycles. The SMILES string of the molecule is CC(C)CNC(=O)[C@H](Cc1ccccc1)N(Cc1c(Cl)cccc1Cl)C(=O)CCSCc1ccccc1. The van der Waals surface area contributed by atoms with Gasteiger partial charge in [-0.15, -0.1) is 0 Å². The first-order valence-electron chi connectivity index (χ1n) is 12.5. The van der Waals surface area contributed by atoms with E-state index in [9.17, 15) is 9.59 Å². The van der Waals surface area contributed by atoms with Crippen molar-refractivity contribution in [1.82, 2.24) is 10.2 Å². The largest absolute Gasteiger partial charge is 0.354 e. The first-order chi connectivity index (χ1) is 17.8. The lowest BCUT2D eigenvalue weighted by Crippen LogP contribution is -2.51. The Hall–Kier alpha value is -2.47. The van der Waals surface area contributed by atoms with Gasteiger partial charge in [0.1, 0.15) is 6.04 Å². The Morgan fingerprint density at radius 2 is 1.46 bits per heavy atom. The number of carbonyl (C=O) groups is 2. The number of hydrogen-bond donors (Lipinski definition) is 1. The molecule has 0 aliphatic rings. The van der Waals surface area contributed by atoms with Crippen LogP contribution in [0.3, 0.4) is 0 Å². The summed E-state index contributed by atoms with van der Waals surface area (Å²) in [5, 5.41) is 3.99. The Kier molecular flexibility index (Phi) is 11.8. The maximum atomic E-state index is 13.7. The Labute approximate surface area is 234 Å². The average Bonchev–Trinajstić information content (AvgIpc) is 2.89. The zero-order valence-corrected chi connectivity index (χ0v) is 23.7. The molecule has 37 heavy (non-hydrogen) atoms. The van der Waals surface area contributed by atoms with Crippen LogP contribution in [0.4, 0.5) is 0 Å². The molecule has 0 unspecified atom stereocenters. The highest BCUT2D eigenvalue weighted by Crippen LogP contribution is 2.28. The summed E-state index contributed by atoms with van der Waals surface area (Å²) in [5.74, 6) is 1.49. The average molecular weight is 558 g/mol. The fourth-order valence-corrected chi connectivity index (χ4v) is 5.31. The quantitative estimate of drug-likeness (QED) is 0.230. The van der Waals surface area contributed by atoms with Crippen LogP contribution in [-0.2, 0) is 28.3 Å². The standard InChI is InChI=1S/C30H34Cl2N2O2S/c1-22(2)19-33-30(36)28(18-23-10-5-3-6-11-23)34(20-25-26(31)14-9-15-27(25)32)29(35)16-17-37-21-24-12-7-4-8-13-24/h3-15,22,28H,16-21H2,1-2H3,(H,33,36)/t28-/m0/s1. The van der Waals surface area contributed by atoms with E-state index >= 15 is 0 Å². The Morgan fingerprint density at radius 3 is 2.05 bits per heavy atom. The third-order valence-electron chi connectivity index (χ3n) is 5.92. The van der Waals surface area contributed by atoms with Crippen LogP contribution < -0.4 is 5.32 Å². The van der Waals surface area contributed by atoms with E-state index in [2.05, 4.69) is 17.4 Å². The maximum Gasteiger partial charge on any atom is 0.243 e. The van der Waals surface area contributed by atoms with Gasteiger partial charge in [-0.3, -0.25) is 9.59 Å². The van der Waals surface area contributed by atoms with Crippen LogP contribution in [0.1, 0.15) is 37.0 Å². The summed E-state index contributed by atoms with van der Waals surface area (Å²) < 4.78 is 0. The van der Waals surface area contributed by atoms with Crippen molar-refractivity contribution in [3.8, 4) is 0 Å². The normalized spacial score (nSPS) is 11.8. The second-order valence-corrected chi connectivity index (χ2v) is 11.3. The number of halogens is 2. The molecule has 2 amide bonds. The van der Waals surface area contributed by atoms with Crippen molar-refractivity contribution in [2.75, 3.05) is 12.3 Å². The van der Waals surface area contributed by atoms with Crippen molar-refractivity contribution in [2.45, 2.75) is 45.0 Å². The molecule has 0 saturated carbocycles. The lowest BCUT2D eigenvalue weighted by atomic mass is 10.0. The molecule has 7 heteroatoms. The van der Waals surface area contributed by atoms with Crippen LogP contribution in [-0.4, -0.2) is 35.1 Å². The molecule has 0 aliphatic carbocycles. The lowest BCUT2D eigenvalue weighted by Gasteiger charge is -2.32. The number of nitrogens with zero attached hydrogens (tertiary/aromatic N) is 1. The van der Waals surface area contributed by atoms with Crippen LogP contribution in [0, 0.1) is 5.92 Å². The number of rotatable bonds is 13. The summed E-state index contributed by atoms with van der Waals surface area (Å²) in [4.78, 5) is 28.9. The minimum atomic E-state index is -0.694. The first-order valence-corrected chi connectivity index (χ1v) is 14.4. The molecular weight excluding hydrogens is 523 g/mol. The molecule has 1 atom stereocenters. The summed E-state index contributed by atoms with van der Waals surface area (Å²) in [6.07, 6.45) is 0.706. The van der Waals surface area contributed by atoms with Gasteiger partial charge in [0, 0.05) is 53.0 Å². The third-order valence-corrected chi connectivity index (χ3v) is 7.66. The molecule has 4 nitrogen and oxygen atoms in total. The van der Waals surface area contributed by atoms with E-state index in [-0.39, 0.29) is 24.3 Å². The zero-order valence-electron chi connectivity index (χ0n) is 21.3.